The third-order valence-corrected chi connectivity index (χ3v) is 12.2. The van der Waals surface area contributed by atoms with Crippen molar-refractivity contribution in [1.82, 2.24) is 9.97 Å². The number of nitrogens with zero attached hydrogens (tertiary/aromatic N) is 2. The van der Waals surface area contributed by atoms with Crippen molar-refractivity contribution in [2.75, 3.05) is 0 Å². The molecule has 0 aliphatic heterocycles. The Labute approximate surface area is 357 Å². The number of fused-ring (bicyclic) bond motifs is 3. The minimum Gasteiger partial charge on any atom is -0.228 e. The van der Waals surface area contributed by atoms with Crippen molar-refractivity contribution in [2.45, 2.75) is 5.41 Å². The molecule has 0 fully saturated rings. The van der Waals surface area contributed by atoms with Crippen LogP contribution in [0, 0.1) is 0 Å². The number of hydrogen-bond donors (Lipinski definition) is 0. The highest BCUT2D eigenvalue weighted by atomic mass is 14.9. The second kappa shape index (κ2) is 15.3. The minimum atomic E-state index is -0.497. The van der Waals surface area contributed by atoms with E-state index in [0.29, 0.717) is 5.82 Å². The molecule has 10 aromatic rings. The molecule has 0 radical (unpaired) electrons. The Balaban J connectivity index is 1.07. The zero-order valence-corrected chi connectivity index (χ0v) is 33.5. The molecule has 2 nitrogen and oxygen atoms in total. The second-order valence-corrected chi connectivity index (χ2v) is 15.7. The van der Waals surface area contributed by atoms with E-state index in [9.17, 15) is 0 Å². The lowest BCUT2D eigenvalue weighted by molar-refractivity contribution is 0.769. The van der Waals surface area contributed by atoms with E-state index in [1.54, 1.807) is 0 Å². The van der Waals surface area contributed by atoms with Gasteiger partial charge in [0.15, 0.2) is 5.82 Å². The normalized spacial score (nSPS) is 12.4. The van der Waals surface area contributed by atoms with Crippen LogP contribution in [0.1, 0.15) is 22.3 Å². The summed E-state index contributed by atoms with van der Waals surface area (Å²) < 4.78 is 0. The molecule has 0 saturated heterocycles. The topological polar surface area (TPSA) is 25.8 Å². The van der Waals surface area contributed by atoms with Crippen molar-refractivity contribution >= 4 is 0 Å². The molecule has 0 saturated carbocycles. The van der Waals surface area contributed by atoms with Crippen LogP contribution in [0.3, 0.4) is 0 Å². The summed E-state index contributed by atoms with van der Waals surface area (Å²) in [4.78, 5) is 10.3. The summed E-state index contributed by atoms with van der Waals surface area (Å²) >= 11 is 0. The molecule has 61 heavy (non-hydrogen) atoms. The van der Waals surface area contributed by atoms with Crippen LogP contribution in [0.25, 0.3) is 78.4 Å². The summed E-state index contributed by atoms with van der Waals surface area (Å²) in [7, 11) is 0. The van der Waals surface area contributed by atoms with Gasteiger partial charge in [0.25, 0.3) is 0 Å². The number of benzene rings is 9. The number of rotatable bonds is 8. The van der Waals surface area contributed by atoms with Crippen LogP contribution in [-0.2, 0) is 5.41 Å². The van der Waals surface area contributed by atoms with Crippen LogP contribution in [0.2, 0.25) is 0 Å². The van der Waals surface area contributed by atoms with Crippen LogP contribution in [0.4, 0.5) is 0 Å². The molecule has 1 aliphatic carbocycles. The first-order chi connectivity index (χ1) is 30.2. The maximum absolute atomic E-state index is 5.18. The molecule has 0 bridgehead atoms. The fourth-order valence-electron chi connectivity index (χ4n) is 9.33. The first kappa shape index (κ1) is 36.2. The highest BCUT2D eigenvalue weighted by molar-refractivity contribution is 5.95. The maximum Gasteiger partial charge on any atom is 0.160 e. The highest BCUT2D eigenvalue weighted by Crippen LogP contribution is 2.58. The molecule has 2 heteroatoms. The van der Waals surface area contributed by atoms with Gasteiger partial charge in [-0.3, -0.25) is 0 Å². The Morgan fingerprint density at radius 2 is 0.639 bits per heavy atom. The smallest absolute Gasteiger partial charge is 0.160 e. The van der Waals surface area contributed by atoms with Crippen LogP contribution in [-0.4, -0.2) is 9.97 Å². The quantitative estimate of drug-likeness (QED) is 0.154. The van der Waals surface area contributed by atoms with E-state index in [2.05, 4.69) is 218 Å². The van der Waals surface area contributed by atoms with Crippen molar-refractivity contribution < 1.29 is 0 Å². The fourth-order valence-corrected chi connectivity index (χ4v) is 9.33. The van der Waals surface area contributed by atoms with Gasteiger partial charge in [0.05, 0.1) is 16.8 Å². The third kappa shape index (κ3) is 6.37. The standard InChI is InChI=1S/C59H40N2/c1-6-18-41(19-7-1)42-30-34-45(35-31-42)56-40-57(61-58(60-56)47-22-10-3-11-23-47)46-36-32-44(33-37-46)52-39-55-53(38-51(52)43-20-8-2-9-21-43)50-28-16-17-29-54(50)59(55,48-24-12-4-13-25-48)49-26-14-5-15-27-49/h1-40H. The lowest BCUT2D eigenvalue weighted by atomic mass is 9.67. The Bertz CT molecular complexity index is 3090. The maximum atomic E-state index is 5.18. The lowest BCUT2D eigenvalue weighted by Gasteiger charge is -2.34. The van der Waals surface area contributed by atoms with E-state index in [4.69, 9.17) is 9.97 Å². The molecule has 0 atom stereocenters. The summed E-state index contributed by atoms with van der Waals surface area (Å²) in [5.74, 6) is 0.701. The van der Waals surface area contributed by atoms with E-state index in [1.807, 2.05) is 24.3 Å². The van der Waals surface area contributed by atoms with E-state index >= 15 is 0 Å². The van der Waals surface area contributed by atoms with Crippen molar-refractivity contribution in [1.29, 1.82) is 0 Å². The molecule has 1 aromatic heterocycles. The van der Waals surface area contributed by atoms with Gasteiger partial charge < -0.3 is 0 Å². The van der Waals surface area contributed by atoms with Crippen LogP contribution in [0.5, 0.6) is 0 Å². The summed E-state index contributed by atoms with van der Waals surface area (Å²) in [6, 6.07) is 87.2. The molecule has 1 aliphatic rings. The third-order valence-electron chi connectivity index (χ3n) is 12.2. The molecule has 0 unspecified atom stereocenters. The van der Waals surface area contributed by atoms with Gasteiger partial charge in [-0.15, -0.1) is 0 Å². The van der Waals surface area contributed by atoms with Crippen molar-refractivity contribution in [3.05, 3.63) is 265 Å². The van der Waals surface area contributed by atoms with Gasteiger partial charge >= 0.3 is 0 Å². The largest absolute Gasteiger partial charge is 0.228 e. The lowest BCUT2D eigenvalue weighted by Crippen LogP contribution is -2.28. The van der Waals surface area contributed by atoms with E-state index < -0.39 is 5.41 Å². The molecule has 11 rings (SSSR count). The Hall–Kier alpha value is -7.94. The van der Waals surface area contributed by atoms with Gasteiger partial charge in [0, 0.05) is 16.7 Å². The Morgan fingerprint density at radius 1 is 0.246 bits per heavy atom. The fraction of sp³-hybridized carbons (Fsp3) is 0.0169. The number of aromatic nitrogens is 2. The molecular formula is C59H40N2. The number of hydrogen-bond acceptors (Lipinski definition) is 2. The van der Waals surface area contributed by atoms with Gasteiger partial charge in [-0.1, -0.05) is 224 Å². The molecule has 0 spiro atoms. The molecule has 0 N–H and O–H groups in total. The van der Waals surface area contributed by atoms with E-state index in [1.165, 1.54) is 61.2 Å². The predicted molar refractivity (Wildman–Crippen MR) is 252 cm³/mol. The van der Waals surface area contributed by atoms with Gasteiger partial charge in [0.2, 0.25) is 0 Å². The zero-order chi connectivity index (χ0) is 40.6. The molecule has 286 valence electrons. The molecule has 9 aromatic carbocycles. The van der Waals surface area contributed by atoms with E-state index in [-0.39, 0.29) is 0 Å². The second-order valence-electron chi connectivity index (χ2n) is 15.7. The molecule has 1 heterocycles. The van der Waals surface area contributed by atoms with Crippen LogP contribution < -0.4 is 0 Å². The van der Waals surface area contributed by atoms with Gasteiger partial charge in [0.1, 0.15) is 0 Å². The Kier molecular flexibility index (Phi) is 9.09. The Morgan fingerprint density at radius 3 is 1.20 bits per heavy atom. The monoisotopic (exact) mass is 776 g/mol. The van der Waals surface area contributed by atoms with Crippen LogP contribution >= 0.6 is 0 Å². The average Bonchev–Trinajstić information content (AvgIpc) is 3.65. The highest BCUT2D eigenvalue weighted by Gasteiger charge is 2.46. The SMILES string of the molecule is c1ccc(-c2ccc(-c3cc(-c4ccc(-c5cc6c(cc5-c5ccccc5)-c5ccccc5C6(c5ccccc5)c5ccccc5)cc4)nc(-c4ccccc4)n3)cc2)cc1. The summed E-state index contributed by atoms with van der Waals surface area (Å²) in [5, 5.41) is 0. The van der Waals surface area contributed by atoms with E-state index in [0.717, 1.165) is 33.6 Å². The average molecular weight is 777 g/mol. The first-order valence-electron chi connectivity index (χ1n) is 20.9. The van der Waals surface area contributed by atoms with Gasteiger partial charge in [-0.2, -0.15) is 0 Å². The summed E-state index contributed by atoms with van der Waals surface area (Å²) in [6.07, 6.45) is 0. The zero-order valence-electron chi connectivity index (χ0n) is 33.5. The van der Waals surface area contributed by atoms with Crippen molar-refractivity contribution in [3.8, 4) is 78.4 Å². The summed E-state index contributed by atoms with van der Waals surface area (Å²) in [5.41, 5.74) is 19.0. The van der Waals surface area contributed by atoms with Gasteiger partial charge in [-0.25, -0.2) is 9.97 Å². The predicted octanol–water partition coefficient (Wildman–Crippen LogP) is 14.8. The van der Waals surface area contributed by atoms with Gasteiger partial charge in [-0.05, 0) is 85.0 Å². The first-order valence-corrected chi connectivity index (χ1v) is 20.9. The van der Waals surface area contributed by atoms with Crippen molar-refractivity contribution in [3.63, 3.8) is 0 Å². The summed E-state index contributed by atoms with van der Waals surface area (Å²) in [6.45, 7) is 0. The minimum absolute atomic E-state index is 0.497. The molecular weight excluding hydrogens is 737 g/mol. The van der Waals surface area contributed by atoms with Crippen LogP contribution in [0.15, 0.2) is 243 Å². The van der Waals surface area contributed by atoms with Crippen molar-refractivity contribution in [2.24, 2.45) is 0 Å². The molecule has 0 amide bonds.